The molecule has 0 amide bonds. The molecule has 0 aliphatic rings. The van der Waals surface area contributed by atoms with E-state index in [4.69, 9.17) is 4.74 Å². The number of ketones is 1. The number of hydrogen-bond acceptors (Lipinski definition) is 3. The van der Waals surface area contributed by atoms with Crippen molar-refractivity contribution in [2.75, 3.05) is 31.7 Å². The fourth-order valence-electron chi connectivity index (χ4n) is 2.03. The van der Waals surface area contributed by atoms with Crippen LogP contribution in [0.1, 0.15) is 10.4 Å². The number of nitrogens with zero attached hydrogens (tertiary/aromatic N) is 1. The van der Waals surface area contributed by atoms with Crippen molar-refractivity contribution in [1.29, 1.82) is 0 Å². The number of para-hydroxylation sites is 1. The molecule has 3 nitrogen and oxygen atoms in total. The van der Waals surface area contributed by atoms with Gasteiger partial charge in [0.2, 0.25) is 0 Å². The molecule has 0 unspecified atom stereocenters. The van der Waals surface area contributed by atoms with Crippen LogP contribution in [0, 0.1) is 0 Å². The van der Waals surface area contributed by atoms with Crippen LogP contribution in [0.5, 0.6) is 0 Å². The maximum absolute atomic E-state index is 12.3. The van der Waals surface area contributed by atoms with Gasteiger partial charge in [0, 0.05) is 24.9 Å². The SMILES string of the molecule is COCCN(CC(=O)c1ccccc1)c1ccccc1. The lowest BCUT2D eigenvalue weighted by Crippen LogP contribution is -2.32. The third-order valence-electron chi connectivity index (χ3n) is 3.12. The Morgan fingerprint density at radius 1 is 1.00 bits per heavy atom. The van der Waals surface area contributed by atoms with Gasteiger partial charge in [0.25, 0.3) is 0 Å². The quantitative estimate of drug-likeness (QED) is 0.724. The summed E-state index contributed by atoms with van der Waals surface area (Å²) >= 11 is 0. The third kappa shape index (κ3) is 3.93. The van der Waals surface area contributed by atoms with Crippen LogP contribution in [-0.2, 0) is 4.74 Å². The smallest absolute Gasteiger partial charge is 0.182 e. The Balaban J connectivity index is 2.10. The summed E-state index contributed by atoms with van der Waals surface area (Å²) < 4.78 is 5.13. The molecule has 0 bridgehead atoms. The van der Waals surface area contributed by atoms with E-state index in [0.29, 0.717) is 19.7 Å². The predicted octanol–water partition coefficient (Wildman–Crippen LogP) is 3.02. The van der Waals surface area contributed by atoms with E-state index in [2.05, 4.69) is 0 Å². The van der Waals surface area contributed by atoms with E-state index in [-0.39, 0.29) is 5.78 Å². The molecule has 0 N–H and O–H groups in total. The van der Waals surface area contributed by atoms with Crippen LogP contribution in [0.15, 0.2) is 60.7 Å². The first kappa shape index (κ1) is 14.3. The Morgan fingerprint density at radius 2 is 1.60 bits per heavy atom. The number of carbonyl (C=O) groups is 1. The largest absolute Gasteiger partial charge is 0.383 e. The molecule has 0 aliphatic carbocycles. The van der Waals surface area contributed by atoms with E-state index in [1.54, 1.807) is 7.11 Å². The first-order valence-electron chi connectivity index (χ1n) is 6.68. The van der Waals surface area contributed by atoms with Crippen molar-refractivity contribution >= 4 is 11.5 Å². The number of rotatable bonds is 7. The molecule has 104 valence electrons. The lowest BCUT2D eigenvalue weighted by atomic mass is 10.1. The summed E-state index contributed by atoms with van der Waals surface area (Å²) in [6, 6.07) is 19.3. The van der Waals surface area contributed by atoms with Crippen LogP contribution < -0.4 is 4.90 Å². The predicted molar refractivity (Wildman–Crippen MR) is 81.3 cm³/mol. The van der Waals surface area contributed by atoms with Crippen molar-refractivity contribution < 1.29 is 9.53 Å². The molecule has 0 radical (unpaired) electrons. The van der Waals surface area contributed by atoms with Crippen molar-refractivity contribution in [2.24, 2.45) is 0 Å². The molecule has 2 aromatic carbocycles. The molecule has 0 saturated heterocycles. The van der Waals surface area contributed by atoms with Crippen molar-refractivity contribution in [1.82, 2.24) is 0 Å². The Labute approximate surface area is 119 Å². The monoisotopic (exact) mass is 269 g/mol. The van der Waals surface area contributed by atoms with Crippen LogP contribution in [0.2, 0.25) is 0 Å². The molecule has 0 spiro atoms. The number of Topliss-reactive ketones (excluding diaryl/α,β-unsaturated/α-hetero) is 1. The van der Waals surface area contributed by atoms with Crippen molar-refractivity contribution in [3.63, 3.8) is 0 Å². The fraction of sp³-hybridized carbons (Fsp3) is 0.235. The van der Waals surface area contributed by atoms with Crippen molar-refractivity contribution in [2.45, 2.75) is 0 Å². The molecule has 0 saturated carbocycles. The van der Waals surface area contributed by atoms with E-state index in [9.17, 15) is 4.79 Å². The summed E-state index contributed by atoms with van der Waals surface area (Å²) in [4.78, 5) is 14.3. The maximum Gasteiger partial charge on any atom is 0.182 e. The standard InChI is InChI=1S/C17H19NO2/c1-20-13-12-18(16-10-6-3-7-11-16)14-17(19)15-8-4-2-5-9-15/h2-11H,12-14H2,1H3. The maximum atomic E-state index is 12.3. The minimum absolute atomic E-state index is 0.116. The van der Waals surface area contributed by atoms with E-state index in [0.717, 1.165) is 11.3 Å². The van der Waals surface area contributed by atoms with Crippen LogP contribution in [0.25, 0.3) is 0 Å². The highest BCUT2D eigenvalue weighted by Gasteiger charge is 2.12. The van der Waals surface area contributed by atoms with Gasteiger partial charge >= 0.3 is 0 Å². The topological polar surface area (TPSA) is 29.5 Å². The molecule has 0 aliphatic heterocycles. The first-order chi connectivity index (χ1) is 9.81. The number of ether oxygens (including phenoxy) is 1. The van der Waals surface area contributed by atoms with E-state index >= 15 is 0 Å². The van der Waals surface area contributed by atoms with Crippen LogP contribution in [0.4, 0.5) is 5.69 Å². The van der Waals surface area contributed by atoms with Gasteiger partial charge < -0.3 is 9.64 Å². The molecule has 2 rings (SSSR count). The molecule has 0 heterocycles. The number of methoxy groups -OCH3 is 1. The average molecular weight is 269 g/mol. The Hall–Kier alpha value is -2.13. The van der Waals surface area contributed by atoms with E-state index < -0.39 is 0 Å². The highest BCUT2D eigenvalue weighted by atomic mass is 16.5. The highest BCUT2D eigenvalue weighted by molar-refractivity contribution is 5.99. The van der Waals surface area contributed by atoms with Crippen LogP contribution >= 0.6 is 0 Å². The summed E-state index contributed by atoms with van der Waals surface area (Å²) in [7, 11) is 1.67. The fourth-order valence-corrected chi connectivity index (χ4v) is 2.03. The average Bonchev–Trinajstić information content (AvgIpc) is 2.53. The third-order valence-corrected chi connectivity index (χ3v) is 3.12. The zero-order chi connectivity index (χ0) is 14.2. The summed E-state index contributed by atoms with van der Waals surface area (Å²) in [5.41, 5.74) is 1.78. The molecule has 20 heavy (non-hydrogen) atoms. The Morgan fingerprint density at radius 3 is 2.20 bits per heavy atom. The van der Waals surface area contributed by atoms with Gasteiger partial charge in [0.15, 0.2) is 5.78 Å². The summed E-state index contributed by atoms with van der Waals surface area (Å²) in [6.07, 6.45) is 0. The number of benzene rings is 2. The zero-order valence-electron chi connectivity index (χ0n) is 11.7. The van der Waals surface area contributed by atoms with Gasteiger partial charge in [-0.1, -0.05) is 48.5 Å². The van der Waals surface area contributed by atoms with Gasteiger partial charge in [-0.3, -0.25) is 4.79 Å². The van der Waals surface area contributed by atoms with E-state index in [1.165, 1.54) is 0 Å². The molecule has 0 atom stereocenters. The lowest BCUT2D eigenvalue weighted by Gasteiger charge is -2.23. The second-order valence-corrected chi connectivity index (χ2v) is 4.54. The lowest BCUT2D eigenvalue weighted by molar-refractivity contribution is 0.0997. The normalized spacial score (nSPS) is 10.2. The second-order valence-electron chi connectivity index (χ2n) is 4.54. The molecular weight excluding hydrogens is 250 g/mol. The van der Waals surface area contributed by atoms with Gasteiger partial charge in [-0.2, -0.15) is 0 Å². The first-order valence-corrected chi connectivity index (χ1v) is 6.68. The summed E-state index contributed by atoms with van der Waals surface area (Å²) in [5, 5.41) is 0. The van der Waals surface area contributed by atoms with Gasteiger partial charge in [-0.05, 0) is 12.1 Å². The van der Waals surface area contributed by atoms with Crippen molar-refractivity contribution in [3.05, 3.63) is 66.2 Å². The highest BCUT2D eigenvalue weighted by Crippen LogP contribution is 2.14. The number of anilines is 1. The zero-order valence-corrected chi connectivity index (χ0v) is 11.7. The van der Waals surface area contributed by atoms with Gasteiger partial charge in [0.05, 0.1) is 13.2 Å². The number of carbonyl (C=O) groups excluding carboxylic acids is 1. The van der Waals surface area contributed by atoms with E-state index in [1.807, 2.05) is 65.6 Å². The Bertz CT molecular complexity index is 525. The second kappa shape index (κ2) is 7.46. The molecule has 3 heteroatoms. The molecular formula is C17H19NO2. The van der Waals surface area contributed by atoms with Gasteiger partial charge in [-0.25, -0.2) is 0 Å². The minimum Gasteiger partial charge on any atom is -0.383 e. The summed E-state index contributed by atoms with van der Waals surface area (Å²) in [6.45, 7) is 1.65. The minimum atomic E-state index is 0.116. The number of hydrogen-bond donors (Lipinski definition) is 0. The Kier molecular flexibility index (Phi) is 5.33. The summed E-state index contributed by atoms with van der Waals surface area (Å²) in [5.74, 6) is 0.116. The molecule has 0 fully saturated rings. The van der Waals surface area contributed by atoms with Gasteiger partial charge in [0.1, 0.15) is 0 Å². The van der Waals surface area contributed by atoms with Crippen LogP contribution in [0.3, 0.4) is 0 Å². The molecule has 2 aromatic rings. The van der Waals surface area contributed by atoms with Crippen molar-refractivity contribution in [3.8, 4) is 0 Å². The van der Waals surface area contributed by atoms with Crippen LogP contribution in [-0.4, -0.2) is 32.6 Å². The van der Waals surface area contributed by atoms with Gasteiger partial charge in [-0.15, -0.1) is 0 Å². The molecule has 0 aromatic heterocycles.